The van der Waals surface area contributed by atoms with Crippen molar-refractivity contribution < 1.29 is 24.0 Å². The van der Waals surface area contributed by atoms with E-state index in [2.05, 4.69) is 31.4 Å². The topological polar surface area (TPSA) is 106 Å². The Labute approximate surface area is 159 Å². The van der Waals surface area contributed by atoms with Gasteiger partial charge in [-0.05, 0) is 64.0 Å². The zero-order valence-electron chi connectivity index (χ0n) is 14.6. The third-order valence-corrected chi connectivity index (χ3v) is 6.40. The number of sulfone groups is 1. The molecule has 140 valence electrons. The molecule has 0 radical (unpaired) electrons. The van der Waals surface area contributed by atoms with Crippen molar-refractivity contribution in [3.8, 4) is 0 Å². The Kier molecular flexibility index (Phi) is 5.30. The summed E-state index contributed by atoms with van der Waals surface area (Å²) in [6, 6.07) is 4.44. The van der Waals surface area contributed by atoms with Crippen LogP contribution in [0.4, 0.5) is 4.39 Å². The first-order valence-electron chi connectivity index (χ1n) is 8.48. The van der Waals surface area contributed by atoms with Crippen LogP contribution in [0, 0.1) is 11.7 Å². The number of rotatable bonds is 5. The molecule has 1 aromatic carbocycles. The Hall–Kier alpha value is -1.81. The molecule has 26 heavy (non-hydrogen) atoms. The molecular weight excluding hydrogens is 429 g/mol. The molecule has 0 amide bonds. The minimum atomic E-state index is -3.34. The third kappa shape index (κ3) is 4.47. The lowest BCUT2D eigenvalue weighted by Gasteiger charge is -2.20. The van der Waals surface area contributed by atoms with E-state index in [-0.39, 0.29) is 35.9 Å². The minimum Gasteiger partial charge on any atom is -0.411 e. The van der Waals surface area contributed by atoms with Gasteiger partial charge in [-0.25, -0.2) is 17.4 Å². The Morgan fingerprint density at radius 1 is 1.46 bits per heavy atom. The lowest BCUT2D eigenvalue weighted by Crippen LogP contribution is -2.25. The van der Waals surface area contributed by atoms with E-state index in [0.29, 0.717) is 28.6 Å². The maximum absolute atomic E-state index is 13.4. The molecule has 1 fully saturated rings. The Bertz CT molecular complexity index is 966. The number of hydrogen-bond donors (Lipinski definition) is 1. The first-order valence-corrected chi connectivity index (χ1v) is 10.4. The maximum Gasteiger partial charge on any atom is 0.156 e. The highest BCUT2D eigenvalue weighted by Crippen LogP contribution is 2.24. The van der Waals surface area contributed by atoms with Gasteiger partial charge in [0, 0.05) is 7.79 Å². The predicted octanol–water partition coefficient (Wildman–Crippen LogP) is 2.76. The highest BCUT2D eigenvalue weighted by molar-refractivity contribution is 9.10. The summed E-state index contributed by atoms with van der Waals surface area (Å²) in [6.07, 6.45) is 1.19. The summed E-state index contributed by atoms with van der Waals surface area (Å²) in [5.41, 5.74) is 0.478. The zero-order valence-corrected chi connectivity index (χ0v) is 16.0. The van der Waals surface area contributed by atoms with Gasteiger partial charge in [0.2, 0.25) is 0 Å². The standard InChI is InChI=1S/C16H17BrFN3O4S/c17-12-7-11(1-2-13(12)18)9-14(19-22)16-15(20-25-21-16)8-10-3-5-26(23,24)6-4-10/h1-2,7,10,22H,3-6,8-9H2/i5D. The monoisotopic (exact) mass is 446 g/mol. The van der Waals surface area contributed by atoms with Crippen molar-refractivity contribution in [1.82, 2.24) is 10.3 Å². The van der Waals surface area contributed by atoms with Crippen molar-refractivity contribution in [2.45, 2.75) is 25.7 Å². The van der Waals surface area contributed by atoms with Crippen LogP contribution in [-0.4, -0.2) is 41.1 Å². The summed E-state index contributed by atoms with van der Waals surface area (Å²) in [6.45, 7) is 0. The van der Waals surface area contributed by atoms with Crippen molar-refractivity contribution in [3.05, 3.63) is 45.4 Å². The van der Waals surface area contributed by atoms with Gasteiger partial charge in [-0.3, -0.25) is 0 Å². The molecule has 2 aromatic rings. The fourth-order valence-corrected chi connectivity index (χ4v) is 4.66. The number of nitrogens with zero attached hydrogens (tertiary/aromatic N) is 3. The molecule has 1 aliphatic heterocycles. The van der Waals surface area contributed by atoms with Gasteiger partial charge in [0.15, 0.2) is 5.69 Å². The van der Waals surface area contributed by atoms with E-state index in [4.69, 9.17) is 6.00 Å². The molecule has 2 heterocycles. The fraction of sp³-hybridized carbons (Fsp3) is 0.438. The molecule has 3 rings (SSSR count). The van der Waals surface area contributed by atoms with E-state index < -0.39 is 21.4 Å². The fourth-order valence-electron chi connectivity index (χ4n) is 2.84. The second kappa shape index (κ2) is 7.83. The molecule has 1 N–H and O–H groups in total. The van der Waals surface area contributed by atoms with Crippen LogP contribution < -0.4 is 0 Å². The summed E-state index contributed by atoms with van der Waals surface area (Å²) in [4.78, 5) is 0. The van der Waals surface area contributed by atoms with Crippen LogP contribution in [-0.2, 0) is 22.7 Å². The van der Waals surface area contributed by atoms with E-state index in [1.54, 1.807) is 12.1 Å². The van der Waals surface area contributed by atoms with Gasteiger partial charge < -0.3 is 5.21 Å². The molecule has 1 aliphatic rings. The summed E-state index contributed by atoms with van der Waals surface area (Å²) < 4.78 is 49.6. The van der Waals surface area contributed by atoms with Crippen molar-refractivity contribution in [2.24, 2.45) is 11.1 Å². The Morgan fingerprint density at radius 2 is 2.27 bits per heavy atom. The quantitative estimate of drug-likeness (QED) is 0.429. The number of oxime groups is 1. The molecule has 0 saturated carbocycles. The van der Waals surface area contributed by atoms with Crippen LogP contribution >= 0.6 is 15.9 Å². The first-order chi connectivity index (χ1) is 12.8. The van der Waals surface area contributed by atoms with Gasteiger partial charge in [-0.1, -0.05) is 16.4 Å². The summed E-state index contributed by atoms with van der Waals surface area (Å²) in [5.74, 6) is -0.486. The van der Waals surface area contributed by atoms with Gasteiger partial charge in [0.25, 0.3) is 0 Å². The molecular formula is C16H17BrFN3O4S. The van der Waals surface area contributed by atoms with Crippen molar-refractivity contribution in [2.75, 3.05) is 11.5 Å². The van der Waals surface area contributed by atoms with Crippen LogP contribution in [0.2, 0.25) is 0 Å². The second-order valence-corrected chi connectivity index (χ2v) is 9.08. The minimum absolute atomic E-state index is 0.0308. The van der Waals surface area contributed by atoms with E-state index in [1.807, 2.05) is 0 Å². The number of aromatic nitrogens is 2. The summed E-state index contributed by atoms with van der Waals surface area (Å²) in [5, 5.41) is 20.4. The molecule has 1 aromatic heterocycles. The van der Waals surface area contributed by atoms with Crippen molar-refractivity contribution in [3.63, 3.8) is 0 Å². The molecule has 0 bridgehead atoms. The van der Waals surface area contributed by atoms with Crippen LogP contribution in [0.1, 0.15) is 31.2 Å². The second-order valence-electron chi connectivity index (χ2n) is 6.16. The number of benzene rings is 1. The Balaban J connectivity index is 1.75. The van der Waals surface area contributed by atoms with E-state index in [0.717, 1.165) is 0 Å². The average molecular weight is 447 g/mol. The number of hydrogen-bond acceptors (Lipinski definition) is 7. The zero-order chi connectivity index (χ0) is 19.6. The Morgan fingerprint density at radius 3 is 2.96 bits per heavy atom. The van der Waals surface area contributed by atoms with Gasteiger partial charge in [-0.15, -0.1) is 0 Å². The maximum atomic E-state index is 13.4. The molecule has 2 unspecified atom stereocenters. The van der Waals surface area contributed by atoms with Crippen LogP contribution in [0.5, 0.6) is 0 Å². The highest BCUT2D eigenvalue weighted by Gasteiger charge is 2.27. The van der Waals surface area contributed by atoms with E-state index in [9.17, 15) is 18.0 Å². The average Bonchev–Trinajstić information content (AvgIpc) is 3.07. The third-order valence-electron chi connectivity index (χ3n) is 4.28. The highest BCUT2D eigenvalue weighted by atomic mass is 79.9. The molecule has 1 saturated heterocycles. The summed E-state index contributed by atoms with van der Waals surface area (Å²) >= 11 is 3.11. The van der Waals surface area contributed by atoms with Gasteiger partial charge in [0.1, 0.15) is 27.1 Å². The molecule has 0 spiro atoms. The normalized spacial score (nSPS) is 23.6. The molecule has 2 atom stereocenters. The van der Waals surface area contributed by atoms with Crippen molar-refractivity contribution >= 4 is 31.5 Å². The lowest BCUT2D eigenvalue weighted by atomic mass is 9.94. The van der Waals surface area contributed by atoms with Crippen LogP contribution in [0.3, 0.4) is 0 Å². The van der Waals surface area contributed by atoms with Gasteiger partial charge >= 0.3 is 0 Å². The summed E-state index contributed by atoms with van der Waals surface area (Å²) in [7, 11) is -3.34. The van der Waals surface area contributed by atoms with Crippen LogP contribution in [0.25, 0.3) is 0 Å². The van der Waals surface area contributed by atoms with E-state index >= 15 is 0 Å². The predicted molar refractivity (Wildman–Crippen MR) is 95.5 cm³/mol. The van der Waals surface area contributed by atoms with Crippen molar-refractivity contribution in [1.29, 1.82) is 0 Å². The first kappa shape index (κ1) is 17.6. The van der Waals surface area contributed by atoms with Crippen LogP contribution in [0.15, 0.2) is 32.5 Å². The van der Waals surface area contributed by atoms with Gasteiger partial charge in [-0.2, -0.15) is 0 Å². The van der Waals surface area contributed by atoms with Gasteiger partial charge in [0.05, 0.1) is 16.0 Å². The lowest BCUT2D eigenvalue weighted by molar-refractivity contribution is 0.298. The smallest absolute Gasteiger partial charge is 0.156 e. The number of halogens is 2. The molecule has 10 heteroatoms. The van der Waals surface area contributed by atoms with E-state index in [1.165, 1.54) is 6.07 Å². The SMILES string of the molecule is [2H]C1CC(Cc2nonc2C(Cc2ccc(F)c(Br)c2)=NO)CCS1(=O)=O. The molecule has 7 nitrogen and oxygen atoms in total. The largest absolute Gasteiger partial charge is 0.411 e. The molecule has 0 aliphatic carbocycles.